The van der Waals surface area contributed by atoms with Gasteiger partial charge in [-0.3, -0.25) is 15.0 Å². The van der Waals surface area contributed by atoms with Crippen LogP contribution < -0.4 is 16.4 Å². The molecule has 0 heterocycles. The maximum absolute atomic E-state index is 11.9. The largest absolute Gasteiger partial charge is 0.341 e. The first-order chi connectivity index (χ1) is 8.60. The molecule has 1 saturated carbocycles. The lowest BCUT2D eigenvalue weighted by Crippen LogP contribution is -2.54. The van der Waals surface area contributed by atoms with E-state index in [1.807, 2.05) is 6.92 Å². The first kappa shape index (κ1) is 14.9. The molecule has 1 aliphatic rings. The van der Waals surface area contributed by atoms with Gasteiger partial charge >= 0.3 is 6.03 Å². The van der Waals surface area contributed by atoms with E-state index in [0.29, 0.717) is 12.6 Å². The van der Waals surface area contributed by atoms with Gasteiger partial charge in [-0.2, -0.15) is 0 Å². The van der Waals surface area contributed by atoms with E-state index >= 15 is 0 Å². The fourth-order valence-corrected chi connectivity index (χ4v) is 2.11. The SMILES string of the molecule is CNC(=O)NC(=O)C(C)N(CCCN)C1CCC1. The highest BCUT2D eigenvalue weighted by atomic mass is 16.2. The average molecular weight is 256 g/mol. The molecule has 4 N–H and O–H groups in total. The molecule has 1 rings (SSSR count). The zero-order valence-electron chi connectivity index (χ0n) is 11.2. The van der Waals surface area contributed by atoms with Crippen LogP contribution in [0.5, 0.6) is 0 Å². The van der Waals surface area contributed by atoms with Crippen molar-refractivity contribution in [2.45, 2.75) is 44.7 Å². The molecule has 3 amide bonds. The molecule has 0 aromatic rings. The van der Waals surface area contributed by atoms with Gasteiger partial charge in [0.05, 0.1) is 6.04 Å². The van der Waals surface area contributed by atoms with Crippen molar-refractivity contribution >= 4 is 11.9 Å². The zero-order chi connectivity index (χ0) is 13.5. The highest BCUT2D eigenvalue weighted by molar-refractivity contribution is 5.96. The molecule has 0 bridgehead atoms. The lowest BCUT2D eigenvalue weighted by atomic mass is 9.90. The van der Waals surface area contributed by atoms with Crippen LogP contribution in [0.4, 0.5) is 4.79 Å². The third-order valence-electron chi connectivity index (χ3n) is 3.50. The Labute approximate surface area is 108 Å². The minimum absolute atomic E-state index is 0.252. The summed E-state index contributed by atoms with van der Waals surface area (Å²) in [5.74, 6) is -0.252. The second-order valence-corrected chi connectivity index (χ2v) is 4.71. The Bertz CT molecular complexity index is 292. The van der Waals surface area contributed by atoms with E-state index < -0.39 is 6.03 Å². The summed E-state index contributed by atoms with van der Waals surface area (Å²) in [5, 5.41) is 4.71. The summed E-state index contributed by atoms with van der Waals surface area (Å²) in [4.78, 5) is 25.2. The van der Waals surface area contributed by atoms with E-state index in [-0.39, 0.29) is 11.9 Å². The number of imide groups is 1. The summed E-state index contributed by atoms with van der Waals surface area (Å²) < 4.78 is 0. The summed E-state index contributed by atoms with van der Waals surface area (Å²) in [6.07, 6.45) is 4.34. The van der Waals surface area contributed by atoms with Crippen LogP contribution in [-0.2, 0) is 4.79 Å². The Morgan fingerprint density at radius 1 is 1.44 bits per heavy atom. The Morgan fingerprint density at radius 2 is 2.11 bits per heavy atom. The van der Waals surface area contributed by atoms with Crippen LogP contribution in [0.3, 0.4) is 0 Å². The second kappa shape index (κ2) is 7.33. The number of carbonyl (C=O) groups excluding carboxylic acids is 2. The normalized spacial score (nSPS) is 17.1. The van der Waals surface area contributed by atoms with Gasteiger partial charge in [0.2, 0.25) is 5.91 Å². The second-order valence-electron chi connectivity index (χ2n) is 4.71. The number of rotatable bonds is 6. The number of hydrogen-bond acceptors (Lipinski definition) is 4. The van der Waals surface area contributed by atoms with Crippen LogP contribution in [0.2, 0.25) is 0 Å². The van der Waals surface area contributed by atoms with Crippen LogP contribution in [-0.4, -0.2) is 49.1 Å². The Hall–Kier alpha value is -1.14. The zero-order valence-corrected chi connectivity index (χ0v) is 11.2. The van der Waals surface area contributed by atoms with Gasteiger partial charge in [-0.05, 0) is 32.7 Å². The molecule has 0 aromatic carbocycles. The topological polar surface area (TPSA) is 87.5 Å². The van der Waals surface area contributed by atoms with E-state index in [2.05, 4.69) is 15.5 Å². The van der Waals surface area contributed by atoms with Crippen molar-refractivity contribution < 1.29 is 9.59 Å². The number of hydrogen-bond donors (Lipinski definition) is 3. The van der Waals surface area contributed by atoms with Crippen molar-refractivity contribution in [1.82, 2.24) is 15.5 Å². The fraction of sp³-hybridized carbons (Fsp3) is 0.833. The first-order valence-corrected chi connectivity index (χ1v) is 6.58. The number of nitrogens with one attached hydrogen (secondary N) is 2. The molecule has 6 nitrogen and oxygen atoms in total. The predicted octanol–water partition coefficient (Wildman–Crippen LogP) is 0.0338. The Morgan fingerprint density at radius 3 is 2.56 bits per heavy atom. The van der Waals surface area contributed by atoms with Crippen LogP contribution in [0.1, 0.15) is 32.6 Å². The van der Waals surface area contributed by atoms with Crippen molar-refractivity contribution in [3.8, 4) is 0 Å². The molecule has 0 saturated heterocycles. The predicted molar refractivity (Wildman–Crippen MR) is 70.1 cm³/mol. The minimum Gasteiger partial charge on any atom is -0.341 e. The van der Waals surface area contributed by atoms with Gasteiger partial charge < -0.3 is 11.1 Å². The number of carbonyl (C=O) groups is 2. The molecule has 0 radical (unpaired) electrons. The molecule has 1 aliphatic carbocycles. The van der Waals surface area contributed by atoms with Gasteiger partial charge in [-0.1, -0.05) is 6.42 Å². The Balaban J connectivity index is 2.53. The molecule has 1 atom stereocenters. The molecule has 0 aliphatic heterocycles. The van der Waals surface area contributed by atoms with Crippen molar-refractivity contribution in [3.05, 3.63) is 0 Å². The fourth-order valence-electron chi connectivity index (χ4n) is 2.11. The minimum atomic E-state index is -0.459. The number of urea groups is 1. The van der Waals surface area contributed by atoms with E-state index in [4.69, 9.17) is 5.73 Å². The number of amides is 3. The molecule has 0 aromatic heterocycles. The van der Waals surface area contributed by atoms with Gasteiger partial charge in [0, 0.05) is 19.6 Å². The van der Waals surface area contributed by atoms with E-state index in [1.165, 1.54) is 13.5 Å². The van der Waals surface area contributed by atoms with Gasteiger partial charge in [0.25, 0.3) is 0 Å². The molecule has 1 unspecified atom stereocenters. The summed E-state index contributed by atoms with van der Waals surface area (Å²) in [5.41, 5.74) is 5.52. The highest BCUT2D eigenvalue weighted by Crippen LogP contribution is 2.26. The van der Waals surface area contributed by atoms with Crippen LogP contribution in [0.25, 0.3) is 0 Å². The lowest BCUT2D eigenvalue weighted by Gasteiger charge is -2.40. The van der Waals surface area contributed by atoms with E-state index in [1.54, 1.807) is 0 Å². The van der Waals surface area contributed by atoms with Crippen molar-refractivity contribution in [2.75, 3.05) is 20.1 Å². The van der Waals surface area contributed by atoms with Crippen molar-refractivity contribution in [3.63, 3.8) is 0 Å². The van der Waals surface area contributed by atoms with Crippen molar-refractivity contribution in [1.29, 1.82) is 0 Å². The summed E-state index contributed by atoms with van der Waals surface area (Å²) in [6, 6.07) is -0.291. The average Bonchev–Trinajstić information content (AvgIpc) is 2.30. The molecular formula is C12H24N4O2. The molecular weight excluding hydrogens is 232 g/mol. The van der Waals surface area contributed by atoms with Gasteiger partial charge in [0.1, 0.15) is 0 Å². The maximum atomic E-state index is 11.9. The van der Waals surface area contributed by atoms with Gasteiger partial charge in [-0.25, -0.2) is 4.79 Å². The molecule has 6 heteroatoms. The third-order valence-corrected chi connectivity index (χ3v) is 3.50. The molecule has 0 spiro atoms. The van der Waals surface area contributed by atoms with Crippen LogP contribution in [0, 0.1) is 0 Å². The molecule has 18 heavy (non-hydrogen) atoms. The number of nitrogens with two attached hydrogens (primary N) is 1. The van der Waals surface area contributed by atoms with Gasteiger partial charge in [-0.15, -0.1) is 0 Å². The van der Waals surface area contributed by atoms with Gasteiger partial charge in [0.15, 0.2) is 0 Å². The molecule has 104 valence electrons. The highest BCUT2D eigenvalue weighted by Gasteiger charge is 2.31. The summed E-state index contributed by atoms with van der Waals surface area (Å²) >= 11 is 0. The number of nitrogens with zero attached hydrogens (tertiary/aromatic N) is 1. The molecule has 1 fully saturated rings. The quantitative estimate of drug-likeness (QED) is 0.626. The monoisotopic (exact) mass is 256 g/mol. The lowest BCUT2D eigenvalue weighted by molar-refractivity contribution is -0.126. The third kappa shape index (κ3) is 3.96. The Kier molecular flexibility index (Phi) is 6.07. The summed E-state index contributed by atoms with van der Waals surface area (Å²) in [7, 11) is 1.49. The maximum Gasteiger partial charge on any atom is 0.321 e. The smallest absolute Gasteiger partial charge is 0.321 e. The standard InChI is InChI=1S/C12H24N4O2/c1-9(11(17)15-12(18)14-2)16(8-4-7-13)10-5-3-6-10/h9-10H,3-8,13H2,1-2H3,(H2,14,15,17,18). The van der Waals surface area contributed by atoms with Crippen LogP contribution >= 0.6 is 0 Å². The van der Waals surface area contributed by atoms with E-state index in [0.717, 1.165) is 25.8 Å². The van der Waals surface area contributed by atoms with E-state index in [9.17, 15) is 9.59 Å². The van der Waals surface area contributed by atoms with Crippen molar-refractivity contribution in [2.24, 2.45) is 5.73 Å². The summed E-state index contributed by atoms with van der Waals surface area (Å²) in [6.45, 7) is 3.27. The van der Waals surface area contributed by atoms with Crippen LogP contribution in [0.15, 0.2) is 0 Å². The first-order valence-electron chi connectivity index (χ1n) is 6.58.